The molecular formula is C26H31FO8. The summed E-state index contributed by atoms with van der Waals surface area (Å²) in [5, 5.41) is 23.1. The number of aliphatic hydroxyl groups excluding tert-OH is 1. The summed E-state index contributed by atoms with van der Waals surface area (Å²) in [5.74, 6) is -4.72. The van der Waals surface area contributed by atoms with Crippen molar-refractivity contribution in [2.45, 2.75) is 64.8 Å². The second-order valence-electron chi connectivity index (χ2n) is 10.8. The van der Waals surface area contributed by atoms with Crippen molar-refractivity contribution >= 4 is 23.5 Å². The SMILES string of the molecule is CC(=O)OCC(=O)[C@@]1(O)[C@H](C)C[C@H]2[C@@H]3C=C(OC(C)=O)C4=CC(=O)C=C[C@]4(C)[C@@]3(F)[C@@H](O)C[C@@]21C. The van der Waals surface area contributed by atoms with E-state index in [-0.39, 0.29) is 24.2 Å². The quantitative estimate of drug-likeness (QED) is 0.574. The van der Waals surface area contributed by atoms with E-state index in [4.69, 9.17) is 9.47 Å². The topological polar surface area (TPSA) is 127 Å². The first-order valence-electron chi connectivity index (χ1n) is 11.7. The highest BCUT2D eigenvalue weighted by Crippen LogP contribution is 2.70. The highest BCUT2D eigenvalue weighted by molar-refractivity contribution is 6.02. The number of rotatable bonds is 4. The van der Waals surface area contributed by atoms with Crippen molar-refractivity contribution in [1.29, 1.82) is 0 Å². The molecule has 0 amide bonds. The highest BCUT2D eigenvalue weighted by Gasteiger charge is 2.75. The van der Waals surface area contributed by atoms with Crippen LogP contribution in [0.25, 0.3) is 0 Å². The zero-order valence-corrected chi connectivity index (χ0v) is 20.5. The summed E-state index contributed by atoms with van der Waals surface area (Å²) in [4.78, 5) is 48.5. The number of carbonyl (C=O) groups is 4. The Morgan fingerprint density at radius 1 is 1.20 bits per heavy atom. The minimum absolute atomic E-state index is 0.0294. The van der Waals surface area contributed by atoms with E-state index < -0.39 is 76.1 Å². The van der Waals surface area contributed by atoms with Crippen LogP contribution >= 0.6 is 0 Å². The standard InChI is InChI=1S/C26H31FO8/c1-13-8-17-18-10-20(35-15(3)29)19-9-16(30)6-7-23(19,4)25(18,27)21(31)11-24(17,5)26(13,33)22(32)12-34-14(2)28/h6-7,9-10,13,17-18,21,31,33H,8,11-12H2,1-5H3/t13-,17+,18+,21+,23+,24+,25+,26+/m1/s1. The molecule has 0 spiro atoms. The minimum atomic E-state index is -2.31. The van der Waals surface area contributed by atoms with Gasteiger partial charge in [-0.05, 0) is 49.8 Å². The maximum absolute atomic E-state index is 17.3. The van der Waals surface area contributed by atoms with Gasteiger partial charge in [-0.1, -0.05) is 19.9 Å². The maximum atomic E-state index is 17.3. The lowest BCUT2D eigenvalue weighted by atomic mass is 9.46. The molecule has 0 aromatic carbocycles. The van der Waals surface area contributed by atoms with Crippen LogP contribution in [0.5, 0.6) is 0 Å². The Morgan fingerprint density at radius 3 is 2.46 bits per heavy atom. The molecule has 0 aromatic heterocycles. The van der Waals surface area contributed by atoms with Gasteiger partial charge >= 0.3 is 11.9 Å². The van der Waals surface area contributed by atoms with Gasteiger partial charge in [0.2, 0.25) is 5.78 Å². The number of hydrogen-bond donors (Lipinski definition) is 2. The normalized spacial score (nSPS) is 43.8. The third-order valence-electron chi connectivity index (χ3n) is 8.94. The minimum Gasteiger partial charge on any atom is -0.458 e. The Balaban J connectivity index is 1.88. The number of ketones is 2. The molecule has 9 heteroatoms. The van der Waals surface area contributed by atoms with Gasteiger partial charge in [-0.25, -0.2) is 4.39 Å². The first kappa shape index (κ1) is 25.4. The molecular weight excluding hydrogens is 459 g/mol. The molecule has 0 radical (unpaired) electrons. The fourth-order valence-corrected chi connectivity index (χ4v) is 7.21. The molecule has 0 saturated heterocycles. The van der Waals surface area contributed by atoms with Gasteiger partial charge in [0.25, 0.3) is 0 Å². The fourth-order valence-electron chi connectivity index (χ4n) is 7.21. The first-order valence-corrected chi connectivity index (χ1v) is 11.7. The molecule has 0 heterocycles. The van der Waals surface area contributed by atoms with Crippen LogP contribution in [-0.2, 0) is 28.7 Å². The van der Waals surface area contributed by atoms with Crippen molar-refractivity contribution in [3.8, 4) is 0 Å². The van der Waals surface area contributed by atoms with Crippen molar-refractivity contribution in [2.75, 3.05) is 6.61 Å². The summed E-state index contributed by atoms with van der Waals surface area (Å²) < 4.78 is 27.6. The van der Waals surface area contributed by atoms with Crippen molar-refractivity contribution in [2.24, 2.45) is 28.6 Å². The molecule has 0 bridgehead atoms. The average Bonchev–Trinajstić information content (AvgIpc) is 2.96. The lowest BCUT2D eigenvalue weighted by Crippen LogP contribution is -2.69. The summed E-state index contributed by atoms with van der Waals surface area (Å²) in [6, 6.07) is 0. The predicted molar refractivity (Wildman–Crippen MR) is 120 cm³/mol. The molecule has 35 heavy (non-hydrogen) atoms. The van der Waals surface area contributed by atoms with E-state index >= 15 is 4.39 Å². The smallest absolute Gasteiger partial charge is 0.308 e. The molecule has 0 unspecified atom stereocenters. The molecule has 2 N–H and O–H groups in total. The molecule has 8 atom stereocenters. The summed E-state index contributed by atoms with van der Waals surface area (Å²) in [6.07, 6.45) is 3.63. The van der Waals surface area contributed by atoms with Crippen LogP contribution in [0.3, 0.4) is 0 Å². The highest BCUT2D eigenvalue weighted by atomic mass is 19.1. The van der Waals surface area contributed by atoms with E-state index in [2.05, 4.69) is 0 Å². The Hall–Kier alpha value is -2.65. The molecule has 0 aliphatic heterocycles. The van der Waals surface area contributed by atoms with Crippen LogP contribution < -0.4 is 0 Å². The zero-order chi connectivity index (χ0) is 26.1. The van der Waals surface area contributed by atoms with E-state index in [9.17, 15) is 29.4 Å². The number of fused-ring (bicyclic) bond motifs is 5. The van der Waals surface area contributed by atoms with Crippen LogP contribution in [0, 0.1) is 28.6 Å². The van der Waals surface area contributed by atoms with Gasteiger partial charge in [-0.15, -0.1) is 0 Å². The van der Waals surface area contributed by atoms with E-state index in [0.29, 0.717) is 0 Å². The molecule has 4 rings (SSSR count). The summed E-state index contributed by atoms with van der Waals surface area (Å²) in [7, 11) is 0. The summed E-state index contributed by atoms with van der Waals surface area (Å²) in [5.41, 5.74) is -6.91. The van der Waals surface area contributed by atoms with Gasteiger partial charge in [0, 0.05) is 30.8 Å². The van der Waals surface area contributed by atoms with Gasteiger partial charge in [0.05, 0.1) is 11.5 Å². The van der Waals surface area contributed by atoms with Gasteiger partial charge in [-0.3, -0.25) is 19.2 Å². The number of ether oxygens (including phenoxy) is 2. The maximum Gasteiger partial charge on any atom is 0.308 e. The van der Waals surface area contributed by atoms with Crippen LogP contribution in [0.15, 0.2) is 35.6 Å². The average molecular weight is 491 g/mol. The van der Waals surface area contributed by atoms with Crippen LogP contribution in [0.2, 0.25) is 0 Å². The van der Waals surface area contributed by atoms with E-state index in [1.807, 2.05) is 0 Å². The molecule has 2 fully saturated rings. The molecule has 2 saturated carbocycles. The Bertz CT molecular complexity index is 1110. The van der Waals surface area contributed by atoms with Gasteiger partial charge in [-0.2, -0.15) is 0 Å². The monoisotopic (exact) mass is 490 g/mol. The summed E-state index contributed by atoms with van der Waals surface area (Å²) >= 11 is 0. The number of halogens is 1. The number of Topliss-reactive ketones (excluding diaryl/α,β-unsaturated/α-hetero) is 1. The number of esters is 2. The van der Waals surface area contributed by atoms with E-state index in [0.717, 1.165) is 6.92 Å². The number of allylic oxidation sites excluding steroid dienone is 5. The Kier molecular flexibility index (Phi) is 5.76. The van der Waals surface area contributed by atoms with Crippen molar-refractivity contribution < 1.29 is 43.3 Å². The Labute approximate surface area is 202 Å². The number of carbonyl (C=O) groups excluding carboxylic acids is 4. The molecule has 4 aliphatic carbocycles. The lowest BCUT2D eigenvalue weighted by Gasteiger charge is -2.61. The third-order valence-corrected chi connectivity index (χ3v) is 8.94. The van der Waals surface area contributed by atoms with Crippen molar-refractivity contribution in [3.05, 3.63) is 35.6 Å². The van der Waals surface area contributed by atoms with E-state index in [1.54, 1.807) is 20.8 Å². The van der Waals surface area contributed by atoms with Gasteiger partial charge < -0.3 is 19.7 Å². The van der Waals surface area contributed by atoms with Gasteiger partial charge in [0.15, 0.2) is 18.1 Å². The molecule has 0 aromatic rings. The second kappa shape index (κ2) is 7.93. The van der Waals surface area contributed by atoms with Gasteiger partial charge in [0.1, 0.15) is 11.4 Å². The number of hydrogen-bond acceptors (Lipinski definition) is 8. The number of aliphatic hydroxyl groups is 2. The summed E-state index contributed by atoms with van der Waals surface area (Å²) in [6.45, 7) is 6.58. The fraction of sp³-hybridized carbons (Fsp3) is 0.615. The van der Waals surface area contributed by atoms with Crippen LogP contribution in [-0.4, -0.2) is 57.7 Å². The Morgan fingerprint density at radius 2 is 1.86 bits per heavy atom. The largest absolute Gasteiger partial charge is 0.458 e. The predicted octanol–water partition coefficient (Wildman–Crippen LogP) is 2.13. The van der Waals surface area contributed by atoms with Crippen molar-refractivity contribution in [3.63, 3.8) is 0 Å². The molecule has 8 nitrogen and oxygen atoms in total. The second-order valence-corrected chi connectivity index (χ2v) is 10.8. The lowest BCUT2D eigenvalue weighted by molar-refractivity contribution is -0.207. The van der Waals surface area contributed by atoms with Crippen molar-refractivity contribution in [1.82, 2.24) is 0 Å². The van der Waals surface area contributed by atoms with Crippen LogP contribution in [0.1, 0.15) is 47.5 Å². The van der Waals surface area contributed by atoms with E-state index in [1.165, 1.54) is 31.2 Å². The van der Waals surface area contributed by atoms with Crippen LogP contribution in [0.4, 0.5) is 4.39 Å². The molecule has 190 valence electrons. The molecule has 4 aliphatic rings. The third kappa shape index (κ3) is 3.24. The zero-order valence-electron chi connectivity index (χ0n) is 20.5. The first-order chi connectivity index (χ1) is 16.1. The number of alkyl halides is 1.